The zero-order valence-corrected chi connectivity index (χ0v) is 14.0. The van der Waals surface area contributed by atoms with E-state index in [1.165, 1.54) is 6.92 Å². The highest BCUT2D eigenvalue weighted by atomic mass is 35.5. The molecule has 1 rings (SSSR count). The summed E-state index contributed by atoms with van der Waals surface area (Å²) < 4.78 is 27.9. The molecule has 0 radical (unpaired) electrons. The predicted molar refractivity (Wildman–Crippen MR) is 79.1 cm³/mol. The molecule has 2 N–H and O–H groups in total. The normalized spacial score (nSPS) is 26.0. The highest BCUT2D eigenvalue weighted by Crippen LogP contribution is 2.18. The van der Waals surface area contributed by atoms with Crippen molar-refractivity contribution in [1.82, 2.24) is 10.6 Å². The van der Waals surface area contributed by atoms with E-state index in [1.54, 1.807) is 20.8 Å². The molecule has 0 aromatic rings. The van der Waals surface area contributed by atoms with Crippen LogP contribution < -0.4 is 10.6 Å². The lowest BCUT2D eigenvalue weighted by molar-refractivity contribution is -0.123. The maximum absolute atomic E-state index is 11.9. The van der Waals surface area contributed by atoms with E-state index in [0.29, 0.717) is 0 Å². The fraction of sp³-hybridized carbons (Fsp3) is 0.833. The maximum atomic E-state index is 11.9. The second kappa shape index (κ2) is 6.39. The first-order valence-corrected chi connectivity index (χ1v) is 8.80. The number of hydrogen-bond acceptors (Lipinski definition) is 5. The molecule has 2 unspecified atom stereocenters. The van der Waals surface area contributed by atoms with Crippen molar-refractivity contribution in [3.63, 3.8) is 0 Å². The van der Waals surface area contributed by atoms with Gasteiger partial charge in [0, 0.05) is 0 Å². The van der Waals surface area contributed by atoms with Crippen LogP contribution in [0.1, 0.15) is 27.7 Å². The summed E-state index contributed by atoms with van der Waals surface area (Å²) >= 11 is 5.90. The monoisotopic (exact) mass is 340 g/mol. The summed E-state index contributed by atoms with van der Waals surface area (Å²) in [6.07, 6.45) is -0.716. The number of alkyl halides is 1. The Kier molecular flexibility index (Phi) is 5.49. The highest BCUT2D eigenvalue weighted by molar-refractivity contribution is 7.91. The molecule has 7 nitrogen and oxygen atoms in total. The number of hydrogen-bond donors (Lipinski definition) is 2. The van der Waals surface area contributed by atoms with Gasteiger partial charge in [-0.1, -0.05) is 0 Å². The third-order valence-corrected chi connectivity index (χ3v) is 5.11. The van der Waals surface area contributed by atoms with Crippen molar-refractivity contribution in [3.8, 4) is 0 Å². The van der Waals surface area contributed by atoms with Crippen molar-refractivity contribution < 1.29 is 22.7 Å². The van der Waals surface area contributed by atoms with E-state index in [4.69, 9.17) is 16.3 Å². The van der Waals surface area contributed by atoms with E-state index in [1.807, 2.05) is 0 Å². The number of sulfone groups is 1. The van der Waals surface area contributed by atoms with Gasteiger partial charge in [0.2, 0.25) is 5.91 Å². The Bertz CT molecular complexity index is 514. The minimum Gasteiger partial charge on any atom is -0.444 e. The van der Waals surface area contributed by atoms with Crippen molar-refractivity contribution in [3.05, 3.63) is 0 Å². The fourth-order valence-corrected chi connectivity index (χ4v) is 4.34. The van der Waals surface area contributed by atoms with Crippen molar-refractivity contribution in [2.75, 3.05) is 11.5 Å². The average Bonchev–Trinajstić information content (AvgIpc) is 2.48. The van der Waals surface area contributed by atoms with Crippen LogP contribution in [-0.4, -0.2) is 55.0 Å². The van der Waals surface area contributed by atoms with Crippen LogP contribution in [-0.2, 0) is 19.4 Å². The molecule has 1 fully saturated rings. The molecule has 0 aromatic carbocycles. The van der Waals surface area contributed by atoms with E-state index in [2.05, 4.69) is 10.6 Å². The molecule has 0 spiro atoms. The molecule has 0 bridgehead atoms. The maximum Gasteiger partial charge on any atom is 0.408 e. The minimum atomic E-state index is -3.22. The average molecular weight is 341 g/mol. The summed E-state index contributed by atoms with van der Waals surface area (Å²) in [5.41, 5.74) is -0.666. The van der Waals surface area contributed by atoms with Crippen LogP contribution in [0.3, 0.4) is 0 Å². The van der Waals surface area contributed by atoms with E-state index < -0.39 is 44.9 Å². The van der Waals surface area contributed by atoms with Gasteiger partial charge in [-0.25, -0.2) is 13.2 Å². The number of carbonyl (C=O) groups is 2. The number of carbonyl (C=O) groups excluding carboxylic acids is 2. The quantitative estimate of drug-likeness (QED) is 0.725. The first-order chi connectivity index (χ1) is 9.39. The standard InChI is InChI=1S/C12H21ClN2O5S/c1-7(14-11(17)20-12(2,3)4)10(16)15-9-6-21(18,19)5-8(9)13/h7-9H,5-6H2,1-4H3,(H,14,17)(H,15,16)/t7-,8?,9?/m1/s1. The van der Waals surface area contributed by atoms with Gasteiger partial charge < -0.3 is 15.4 Å². The second-order valence-electron chi connectivity index (χ2n) is 6.08. The van der Waals surface area contributed by atoms with Gasteiger partial charge in [-0.2, -0.15) is 0 Å². The van der Waals surface area contributed by atoms with Crippen molar-refractivity contribution in [2.45, 2.75) is 50.8 Å². The molecule has 0 aromatic heterocycles. The van der Waals surface area contributed by atoms with Crippen LogP contribution in [0.25, 0.3) is 0 Å². The Balaban J connectivity index is 2.50. The Labute approximate surface area is 129 Å². The molecule has 21 heavy (non-hydrogen) atoms. The summed E-state index contributed by atoms with van der Waals surface area (Å²) in [6, 6.07) is -1.50. The molecule has 0 saturated carbocycles. The summed E-state index contributed by atoms with van der Waals surface area (Å²) in [5.74, 6) is -0.854. The fourth-order valence-electron chi connectivity index (χ4n) is 1.79. The van der Waals surface area contributed by atoms with Gasteiger partial charge in [0.15, 0.2) is 9.84 Å². The van der Waals surface area contributed by atoms with Crippen LogP contribution in [0.15, 0.2) is 0 Å². The van der Waals surface area contributed by atoms with Crippen LogP contribution in [0.4, 0.5) is 4.79 Å². The van der Waals surface area contributed by atoms with Crippen LogP contribution in [0.2, 0.25) is 0 Å². The Morgan fingerprint density at radius 2 is 1.86 bits per heavy atom. The van der Waals surface area contributed by atoms with E-state index >= 15 is 0 Å². The topological polar surface area (TPSA) is 102 Å². The Morgan fingerprint density at radius 3 is 2.29 bits per heavy atom. The Morgan fingerprint density at radius 1 is 1.29 bits per heavy atom. The van der Waals surface area contributed by atoms with Gasteiger partial charge in [-0.05, 0) is 27.7 Å². The molecule has 2 amide bonds. The van der Waals surface area contributed by atoms with E-state index in [0.717, 1.165) is 0 Å². The zero-order valence-electron chi connectivity index (χ0n) is 12.5. The lowest BCUT2D eigenvalue weighted by Crippen LogP contribution is -2.51. The lowest BCUT2D eigenvalue weighted by Gasteiger charge is -2.22. The van der Waals surface area contributed by atoms with Crippen molar-refractivity contribution in [2.24, 2.45) is 0 Å². The van der Waals surface area contributed by atoms with Gasteiger partial charge in [0.1, 0.15) is 11.6 Å². The van der Waals surface area contributed by atoms with Crippen LogP contribution >= 0.6 is 11.6 Å². The van der Waals surface area contributed by atoms with E-state index in [9.17, 15) is 18.0 Å². The number of rotatable bonds is 3. The first-order valence-electron chi connectivity index (χ1n) is 6.54. The van der Waals surface area contributed by atoms with Crippen LogP contribution in [0, 0.1) is 0 Å². The second-order valence-corrected chi connectivity index (χ2v) is 8.79. The number of halogens is 1. The molecule has 1 saturated heterocycles. The molecule has 9 heteroatoms. The lowest BCUT2D eigenvalue weighted by atomic mass is 10.2. The minimum absolute atomic E-state index is 0.159. The van der Waals surface area contributed by atoms with Crippen molar-refractivity contribution >= 4 is 33.4 Å². The highest BCUT2D eigenvalue weighted by Gasteiger charge is 2.38. The molecular weight excluding hydrogens is 320 g/mol. The van der Waals surface area contributed by atoms with Crippen molar-refractivity contribution in [1.29, 1.82) is 0 Å². The first kappa shape index (κ1) is 18.0. The summed E-state index contributed by atoms with van der Waals surface area (Å²) in [7, 11) is -3.22. The molecule has 1 aliphatic heterocycles. The molecule has 0 aliphatic carbocycles. The number of ether oxygens (including phenoxy) is 1. The van der Waals surface area contributed by atoms with Gasteiger partial charge >= 0.3 is 6.09 Å². The van der Waals surface area contributed by atoms with Crippen LogP contribution in [0.5, 0.6) is 0 Å². The zero-order chi connectivity index (χ0) is 16.4. The summed E-state index contributed by atoms with van der Waals surface area (Å²) in [4.78, 5) is 23.5. The third-order valence-electron chi connectivity index (χ3n) is 2.74. The molecule has 1 aliphatic rings. The summed E-state index contributed by atoms with van der Waals surface area (Å²) in [5, 5.41) is 4.25. The van der Waals surface area contributed by atoms with Gasteiger partial charge in [-0.3, -0.25) is 4.79 Å². The van der Waals surface area contributed by atoms with E-state index in [-0.39, 0.29) is 11.5 Å². The van der Waals surface area contributed by atoms with Gasteiger partial charge in [0.05, 0.1) is 22.9 Å². The molecule has 3 atom stereocenters. The SMILES string of the molecule is C[C@@H](NC(=O)OC(C)(C)C)C(=O)NC1CS(=O)(=O)CC1Cl. The number of nitrogens with one attached hydrogen (secondary N) is 2. The molecular formula is C12H21ClN2O5S. The number of amides is 2. The Hall–Kier alpha value is -1.02. The smallest absolute Gasteiger partial charge is 0.408 e. The summed E-state index contributed by atoms with van der Waals surface area (Å²) in [6.45, 7) is 6.60. The predicted octanol–water partition coefficient (Wildman–Crippen LogP) is 0.420. The molecule has 122 valence electrons. The molecule has 1 heterocycles. The van der Waals surface area contributed by atoms with Gasteiger partial charge in [-0.15, -0.1) is 11.6 Å². The van der Waals surface area contributed by atoms with Gasteiger partial charge in [0.25, 0.3) is 0 Å². The largest absolute Gasteiger partial charge is 0.444 e. The number of alkyl carbamates (subject to hydrolysis) is 1. The third kappa shape index (κ3) is 6.09.